The molecule has 1 aliphatic rings. The second-order valence-corrected chi connectivity index (χ2v) is 7.45. The quantitative estimate of drug-likeness (QED) is 0.643. The lowest BCUT2D eigenvalue weighted by Gasteiger charge is -2.35. The number of amides is 2. The number of halogens is 1. The molecule has 6 nitrogen and oxygen atoms in total. The van der Waals surface area contributed by atoms with Crippen LogP contribution < -0.4 is 15.4 Å². The number of benzene rings is 2. The average Bonchev–Trinajstić information content (AvgIpc) is 2.79. The smallest absolute Gasteiger partial charge is 0.322 e. The summed E-state index contributed by atoms with van der Waals surface area (Å²) in [6.45, 7) is 2.40. The van der Waals surface area contributed by atoms with Crippen LogP contribution in [0.4, 0.5) is 10.5 Å². The first-order chi connectivity index (χ1) is 14.7. The van der Waals surface area contributed by atoms with E-state index in [4.69, 9.17) is 16.3 Å². The Balaban J connectivity index is 1.42. The van der Waals surface area contributed by atoms with Gasteiger partial charge in [-0.2, -0.15) is 0 Å². The van der Waals surface area contributed by atoms with Crippen molar-refractivity contribution in [1.82, 2.24) is 15.2 Å². The fraction of sp³-hybridized carbons (Fsp3) is 0.217. The highest BCUT2D eigenvalue weighted by atomic mass is 35.5. The van der Waals surface area contributed by atoms with Gasteiger partial charge in [-0.05, 0) is 29.8 Å². The third-order valence-corrected chi connectivity index (χ3v) is 5.31. The topological polar surface area (TPSA) is 66.5 Å². The van der Waals surface area contributed by atoms with Crippen LogP contribution in [0, 0.1) is 0 Å². The number of urea groups is 1. The van der Waals surface area contributed by atoms with Crippen LogP contribution in [0.1, 0.15) is 0 Å². The van der Waals surface area contributed by atoms with Crippen molar-refractivity contribution in [1.29, 1.82) is 0 Å². The number of ether oxygens (including phenoxy) is 1. The van der Waals surface area contributed by atoms with Gasteiger partial charge >= 0.3 is 6.03 Å². The van der Waals surface area contributed by atoms with Crippen LogP contribution in [0.5, 0.6) is 5.75 Å². The number of hydrogen-bond acceptors (Lipinski definition) is 4. The molecular weight excluding hydrogens is 400 g/mol. The first-order valence-corrected chi connectivity index (χ1v) is 10.2. The molecule has 4 rings (SSSR count). The number of anilines is 1. The van der Waals surface area contributed by atoms with Gasteiger partial charge in [0.1, 0.15) is 12.4 Å². The van der Waals surface area contributed by atoms with Gasteiger partial charge in [0.15, 0.2) is 0 Å². The van der Waals surface area contributed by atoms with Crippen molar-refractivity contribution >= 4 is 23.3 Å². The van der Waals surface area contributed by atoms with Crippen LogP contribution in [0.25, 0.3) is 11.1 Å². The molecule has 7 heteroatoms. The Hall–Kier alpha value is -3.09. The third kappa shape index (κ3) is 4.90. The number of pyridine rings is 1. The van der Waals surface area contributed by atoms with Crippen molar-refractivity contribution in [3.8, 4) is 16.9 Å². The minimum Gasteiger partial charge on any atom is -0.490 e. The van der Waals surface area contributed by atoms with Gasteiger partial charge in [0.05, 0.1) is 17.3 Å². The van der Waals surface area contributed by atoms with Gasteiger partial charge in [-0.25, -0.2) is 4.79 Å². The Morgan fingerprint density at radius 3 is 2.83 bits per heavy atom. The maximum Gasteiger partial charge on any atom is 0.322 e. The summed E-state index contributed by atoms with van der Waals surface area (Å²) in [4.78, 5) is 18.8. The van der Waals surface area contributed by atoms with Crippen molar-refractivity contribution in [3.05, 3.63) is 78.1 Å². The van der Waals surface area contributed by atoms with Gasteiger partial charge in [0.25, 0.3) is 0 Å². The SMILES string of the molecule is O=C(Nc1ccc(-c2ccccc2)c(Cl)c1)N1CCNCC1COc1cccnc1. The molecule has 2 N–H and O–H groups in total. The lowest BCUT2D eigenvalue weighted by atomic mass is 10.1. The van der Waals surface area contributed by atoms with Gasteiger partial charge in [-0.3, -0.25) is 4.98 Å². The standard InChI is InChI=1S/C23H23ClN4O2/c24-22-13-18(8-9-21(22)17-5-2-1-3-6-17)27-23(29)28-12-11-26-14-19(28)16-30-20-7-4-10-25-15-20/h1-10,13,15,19,26H,11-12,14,16H2,(H,27,29). The summed E-state index contributed by atoms with van der Waals surface area (Å²) in [6.07, 6.45) is 3.36. The molecule has 1 aromatic heterocycles. The Morgan fingerprint density at radius 2 is 2.07 bits per heavy atom. The van der Waals surface area contributed by atoms with E-state index in [9.17, 15) is 4.79 Å². The molecule has 1 fully saturated rings. The maximum atomic E-state index is 12.9. The van der Waals surface area contributed by atoms with E-state index in [1.54, 1.807) is 23.4 Å². The second-order valence-electron chi connectivity index (χ2n) is 7.04. The number of hydrogen-bond donors (Lipinski definition) is 2. The van der Waals surface area contributed by atoms with E-state index in [0.717, 1.165) is 17.7 Å². The zero-order chi connectivity index (χ0) is 20.8. The number of carbonyl (C=O) groups excluding carboxylic acids is 1. The van der Waals surface area contributed by atoms with Crippen LogP contribution in [-0.4, -0.2) is 48.2 Å². The summed E-state index contributed by atoms with van der Waals surface area (Å²) >= 11 is 6.48. The van der Waals surface area contributed by atoms with Crippen LogP contribution in [0.15, 0.2) is 73.1 Å². The molecule has 0 bridgehead atoms. The highest BCUT2D eigenvalue weighted by Gasteiger charge is 2.27. The van der Waals surface area contributed by atoms with Gasteiger partial charge < -0.3 is 20.3 Å². The summed E-state index contributed by atoms with van der Waals surface area (Å²) in [6, 6.07) is 18.9. The van der Waals surface area contributed by atoms with Crippen LogP contribution >= 0.6 is 11.6 Å². The summed E-state index contributed by atoms with van der Waals surface area (Å²) in [5.74, 6) is 0.687. The molecule has 2 amide bonds. The molecule has 1 unspecified atom stereocenters. The molecule has 154 valence electrons. The summed E-state index contributed by atoms with van der Waals surface area (Å²) in [5.41, 5.74) is 2.63. The Kier molecular flexibility index (Phi) is 6.47. The fourth-order valence-electron chi connectivity index (χ4n) is 3.44. The van der Waals surface area contributed by atoms with E-state index in [0.29, 0.717) is 36.2 Å². The van der Waals surface area contributed by atoms with Gasteiger partial charge in [0.2, 0.25) is 0 Å². The summed E-state index contributed by atoms with van der Waals surface area (Å²) in [5, 5.41) is 6.88. The average molecular weight is 423 g/mol. The minimum absolute atomic E-state index is 0.0852. The van der Waals surface area contributed by atoms with Crippen LogP contribution in [0.2, 0.25) is 5.02 Å². The van der Waals surface area contributed by atoms with Crippen LogP contribution in [0.3, 0.4) is 0 Å². The molecule has 0 spiro atoms. The molecule has 2 aromatic carbocycles. The molecule has 0 aliphatic carbocycles. The van der Waals surface area contributed by atoms with Crippen molar-refractivity contribution in [2.24, 2.45) is 0 Å². The van der Waals surface area contributed by atoms with Crippen molar-refractivity contribution in [3.63, 3.8) is 0 Å². The molecule has 3 aromatic rings. The monoisotopic (exact) mass is 422 g/mol. The van der Waals surface area contributed by atoms with Gasteiger partial charge in [0, 0.05) is 37.1 Å². The number of nitrogens with one attached hydrogen (secondary N) is 2. The van der Waals surface area contributed by atoms with E-state index in [2.05, 4.69) is 15.6 Å². The zero-order valence-electron chi connectivity index (χ0n) is 16.4. The highest BCUT2D eigenvalue weighted by molar-refractivity contribution is 6.33. The number of piperazine rings is 1. The third-order valence-electron chi connectivity index (χ3n) is 4.99. The van der Waals surface area contributed by atoms with Crippen molar-refractivity contribution < 1.29 is 9.53 Å². The van der Waals surface area contributed by atoms with Crippen molar-refractivity contribution in [2.75, 3.05) is 31.6 Å². The zero-order valence-corrected chi connectivity index (χ0v) is 17.2. The number of nitrogens with zero attached hydrogens (tertiary/aromatic N) is 2. The van der Waals surface area contributed by atoms with E-state index in [-0.39, 0.29) is 12.1 Å². The van der Waals surface area contributed by atoms with E-state index < -0.39 is 0 Å². The molecular formula is C23H23ClN4O2. The van der Waals surface area contributed by atoms with E-state index >= 15 is 0 Å². The van der Waals surface area contributed by atoms with Gasteiger partial charge in [-0.15, -0.1) is 0 Å². The first-order valence-electron chi connectivity index (χ1n) is 9.87. The molecule has 1 saturated heterocycles. The predicted octanol–water partition coefficient (Wildman–Crippen LogP) is 4.29. The van der Waals surface area contributed by atoms with E-state index in [1.807, 2.05) is 54.6 Å². The van der Waals surface area contributed by atoms with Crippen LogP contribution in [-0.2, 0) is 0 Å². The molecule has 30 heavy (non-hydrogen) atoms. The molecule has 1 aliphatic heterocycles. The molecule has 1 atom stereocenters. The first kappa shape index (κ1) is 20.2. The minimum atomic E-state index is -0.167. The molecule has 0 radical (unpaired) electrons. The van der Waals surface area contributed by atoms with E-state index in [1.165, 1.54) is 0 Å². The predicted molar refractivity (Wildman–Crippen MR) is 119 cm³/mol. The van der Waals surface area contributed by atoms with Crippen molar-refractivity contribution in [2.45, 2.75) is 6.04 Å². The maximum absolute atomic E-state index is 12.9. The largest absolute Gasteiger partial charge is 0.490 e. The summed E-state index contributed by atoms with van der Waals surface area (Å²) < 4.78 is 5.81. The normalized spacial score (nSPS) is 16.2. The fourth-order valence-corrected chi connectivity index (χ4v) is 3.73. The number of carbonyl (C=O) groups is 1. The Bertz CT molecular complexity index is 985. The number of rotatable bonds is 5. The number of aromatic nitrogens is 1. The Labute approximate surface area is 180 Å². The molecule has 0 saturated carbocycles. The lowest BCUT2D eigenvalue weighted by molar-refractivity contribution is 0.133. The summed E-state index contributed by atoms with van der Waals surface area (Å²) in [7, 11) is 0. The second kappa shape index (κ2) is 9.61. The van der Waals surface area contributed by atoms with Gasteiger partial charge in [-0.1, -0.05) is 48.0 Å². The highest BCUT2D eigenvalue weighted by Crippen LogP contribution is 2.30. The Morgan fingerprint density at radius 1 is 1.20 bits per heavy atom. The lowest BCUT2D eigenvalue weighted by Crippen LogP contribution is -2.57. The molecule has 2 heterocycles.